The summed E-state index contributed by atoms with van der Waals surface area (Å²) in [5.74, 6) is 2.36. The molecule has 56 valence electrons. The first-order chi connectivity index (χ1) is 4.70. The van der Waals surface area contributed by atoms with E-state index < -0.39 is 6.10 Å². The van der Waals surface area contributed by atoms with Gasteiger partial charge in [0.1, 0.15) is 0 Å². The van der Waals surface area contributed by atoms with Crippen molar-refractivity contribution >= 4 is 0 Å². The SMILES string of the molecule is C#CCC(O)C[C@H](N)C=C. The second-order valence-electron chi connectivity index (χ2n) is 2.20. The predicted octanol–water partition coefficient (Wildman–Crippen LogP) is 0.274. The molecule has 0 aromatic carbocycles. The maximum absolute atomic E-state index is 9.08. The first-order valence-electron chi connectivity index (χ1n) is 3.20. The topological polar surface area (TPSA) is 46.2 Å². The number of hydrogen-bond acceptors (Lipinski definition) is 2. The lowest BCUT2D eigenvalue weighted by Crippen LogP contribution is -2.23. The zero-order valence-corrected chi connectivity index (χ0v) is 5.96. The van der Waals surface area contributed by atoms with Gasteiger partial charge in [-0.1, -0.05) is 6.08 Å². The van der Waals surface area contributed by atoms with Crippen molar-refractivity contribution < 1.29 is 5.11 Å². The average molecular weight is 139 g/mol. The molecule has 0 radical (unpaired) electrons. The number of aliphatic hydroxyl groups is 1. The summed E-state index contributed by atoms with van der Waals surface area (Å²) in [7, 11) is 0. The normalized spacial score (nSPS) is 15.3. The second-order valence-corrected chi connectivity index (χ2v) is 2.20. The summed E-state index contributed by atoms with van der Waals surface area (Å²) in [6.07, 6.45) is 6.94. The molecule has 0 aromatic rings. The fraction of sp³-hybridized carbons (Fsp3) is 0.500. The van der Waals surface area contributed by atoms with Crippen LogP contribution in [0.4, 0.5) is 0 Å². The van der Waals surface area contributed by atoms with Gasteiger partial charge in [0.2, 0.25) is 0 Å². The van der Waals surface area contributed by atoms with Crippen LogP contribution in [0.3, 0.4) is 0 Å². The molecule has 0 bridgehead atoms. The summed E-state index contributed by atoms with van der Waals surface area (Å²) < 4.78 is 0. The van der Waals surface area contributed by atoms with Crippen molar-refractivity contribution in [2.24, 2.45) is 5.73 Å². The highest BCUT2D eigenvalue weighted by molar-refractivity contribution is 4.91. The summed E-state index contributed by atoms with van der Waals surface area (Å²) in [5.41, 5.74) is 5.46. The molecule has 2 nitrogen and oxygen atoms in total. The monoisotopic (exact) mass is 139 g/mol. The Hall–Kier alpha value is -0.780. The smallest absolute Gasteiger partial charge is 0.0667 e. The fourth-order valence-electron chi connectivity index (χ4n) is 0.630. The van der Waals surface area contributed by atoms with Gasteiger partial charge in [-0.15, -0.1) is 18.9 Å². The summed E-state index contributed by atoms with van der Waals surface area (Å²) in [6, 6.07) is -0.150. The molecule has 0 saturated heterocycles. The largest absolute Gasteiger partial charge is 0.392 e. The van der Waals surface area contributed by atoms with Gasteiger partial charge in [0.25, 0.3) is 0 Å². The van der Waals surface area contributed by atoms with Gasteiger partial charge >= 0.3 is 0 Å². The van der Waals surface area contributed by atoms with Crippen LogP contribution in [-0.4, -0.2) is 17.3 Å². The molecule has 0 aliphatic heterocycles. The second kappa shape index (κ2) is 5.04. The van der Waals surface area contributed by atoms with Gasteiger partial charge in [-0.05, 0) is 6.42 Å². The third-order valence-corrected chi connectivity index (χ3v) is 1.20. The Morgan fingerprint density at radius 2 is 2.40 bits per heavy atom. The Balaban J connectivity index is 3.48. The summed E-state index contributed by atoms with van der Waals surface area (Å²) in [4.78, 5) is 0. The average Bonchev–Trinajstić information content (AvgIpc) is 1.88. The summed E-state index contributed by atoms with van der Waals surface area (Å²) >= 11 is 0. The number of rotatable bonds is 4. The maximum Gasteiger partial charge on any atom is 0.0667 e. The molecule has 0 heterocycles. The van der Waals surface area contributed by atoms with E-state index in [0.29, 0.717) is 12.8 Å². The lowest BCUT2D eigenvalue weighted by atomic mass is 10.1. The molecule has 3 N–H and O–H groups in total. The predicted molar refractivity (Wildman–Crippen MR) is 42.2 cm³/mol. The van der Waals surface area contributed by atoms with E-state index in [0.717, 1.165) is 0 Å². The van der Waals surface area contributed by atoms with Crippen molar-refractivity contribution in [3.8, 4) is 12.3 Å². The van der Waals surface area contributed by atoms with Crippen molar-refractivity contribution in [1.29, 1.82) is 0 Å². The van der Waals surface area contributed by atoms with Crippen LogP contribution in [0.2, 0.25) is 0 Å². The van der Waals surface area contributed by atoms with E-state index >= 15 is 0 Å². The minimum Gasteiger partial charge on any atom is -0.392 e. The van der Waals surface area contributed by atoms with E-state index in [1.165, 1.54) is 0 Å². The highest BCUT2D eigenvalue weighted by Gasteiger charge is 2.05. The number of terminal acetylenes is 1. The minimum atomic E-state index is -0.488. The zero-order valence-electron chi connectivity index (χ0n) is 5.96. The molecule has 0 saturated carbocycles. The van der Waals surface area contributed by atoms with E-state index in [1.54, 1.807) is 6.08 Å². The molecule has 0 spiro atoms. The number of hydrogen-bond donors (Lipinski definition) is 2. The van der Waals surface area contributed by atoms with Gasteiger partial charge in [0.15, 0.2) is 0 Å². The molecule has 0 aliphatic carbocycles. The summed E-state index contributed by atoms with van der Waals surface area (Å²) in [5, 5.41) is 9.08. The van der Waals surface area contributed by atoms with Crippen LogP contribution in [0.1, 0.15) is 12.8 Å². The zero-order chi connectivity index (χ0) is 7.98. The van der Waals surface area contributed by atoms with Crippen LogP contribution in [0, 0.1) is 12.3 Å². The van der Waals surface area contributed by atoms with Crippen LogP contribution in [0.5, 0.6) is 0 Å². The van der Waals surface area contributed by atoms with Crippen molar-refractivity contribution in [2.75, 3.05) is 0 Å². The van der Waals surface area contributed by atoms with Crippen LogP contribution >= 0.6 is 0 Å². The molecule has 0 rings (SSSR count). The highest BCUT2D eigenvalue weighted by Crippen LogP contribution is 1.99. The molecule has 0 fully saturated rings. The van der Waals surface area contributed by atoms with E-state index in [9.17, 15) is 0 Å². The van der Waals surface area contributed by atoms with E-state index in [-0.39, 0.29) is 6.04 Å². The van der Waals surface area contributed by atoms with E-state index in [1.807, 2.05) is 0 Å². The Bertz CT molecular complexity index is 137. The van der Waals surface area contributed by atoms with Crippen molar-refractivity contribution in [3.05, 3.63) is 12.7 Å². The lowest BCUT2D eigenvalue weighted by Gasteiger charge is -2.09. The summed E-state index contributed by atoms with van der Waals surface area (Å²) in [6.45, 7) is 3.49. The van der Waals surface area contributed by atoms with Crippen LogP contribution in [-0.2, 0) is 0 Å². The quantitative estimate of drug-likeness (QED) is 0.434. The van der Waals surface area contributed by atoms with Gasteiger partial charge in [-0.25, -0.2) is 0 Å². The molecule has 0 aliphatic rings. The van der Waals surface area contributed by atoms with Crippen LogP contribution in [0.25, 0.3) is 0 Å². The van der Waals surface area contributed by atoms with Gasteiger partial charge in [-0.2, -0.15) is 0 Å². The van der Waals surface area contributed by atoms with Gasteiger partial charge in [0.05, 0.1) is 6.10 Å². The third-order valence-electron chi connectivity index (χ3n) is 1.20. The van der Waals surface area contributed by atoms with E-state index in [4.69, 9.17) is 17.3 Å². The first kappa shape index (κ1) is 9.22. The highest BCUT2D eigenvalue weighted by atomic mass is 16.3. The minimum absolute atomic E-state index is 0.150. The molecular weight excluding hydrogens is 126 g/mol. The van der Waals surface area contributed by atoms with Gasteiger partial charge in [0, 0.05) is 12.5 Å². The fourth-order valence-corrected chi connectivity index (χ4v) is 0.630. The standard InChI is InChI=1S/C8H13NO/c1-3-5-8(10)6-7(9)4-2/h1,4,7-8,10H,2,5-6,9H2/t7-,8?/m1/s1. The maximum atomic E-state index is 9.08. The molecule has 1 unspecified atom stereocenters. The van der Waals surface area contributed by atoms with Crippen LogP contribution in [0.15, 0.2) is 12.7 Å². The Morgan fingerprint density at radius 1 is 1.80 bits per heavy atom. The number of aliphatic hydroxyl groups excluding tert-OH is 1. The first-order valence-corrected chi connectivity index (χ1v) is 3.20. The van der Waals surface area contributed by atoms with E-state index in [2.05, 4.69) is 12.5 Å². The number of nitrogens with two attached hydrogens (primary N) is 1. The Kier molecular flexibility index (Phi) is 4.65. The molecule has 2 heteroatoms. The van der Waals surface area contributed by atoms with Crippen LogP contribution < -0.4 is 5.73 Å². The molecule has 0 aromatic heterocycles. The molecule has 2 atom stereocenters. The molecule has 0 amide bonds. The Labute approximate surface area is 61.7 Å². The van der Waals surface area contributed by atoms with Crippen molar-refractivity contribution in [2.45, 2.75) is 25.0 Å². The van der Waals surface area contributed by atoms with Gasteiger partial charge in [-0.3, -0.25) is 0 Å². The van der Waals surface area contributed by atoms with Gasteiger partial charge < -0.3 is 10.8 Å². The molecule has 10 heavy (non-hydrogen) atoms. The lowest BCUT2D eigenvalue weighted by molar-refractivity contribution is 0.166. The van der Waals surface area contributed by atoms with Crippen molar-refractivity contribution in [1.82, 2.24) is 0 Å². The molecular formula is C8H13NO. The Morgan fingerprint density at radius 3 is 2.80 bits per heavy atom. The van der Waals surface area contributed by atoms with Crippen molar-refractivity contribution in [3.63, 3.8) is 0 Å². The third kappa shape index (κ3) is 4.13.